The summed E-state index contributed by atoms with van der Waals surface area (Å²) in [6.07, 6.45) is 3.49. The van der Waals surface area contributed by atoms with Gasteiger partial charge in [0.2, 0.25) is 0 Å². The SMILES string of the molecule is Cc1cc(F)ccc1Oc1ccncc1CNCC(C)C. The van der Waals surface area contributed by atoms with Crippen LogP contribution in [0.15, 0.2) is 36.7 Å². The number of aryl methyl sites for hydroxylation is 1. The second-order valence-corrected chi connectivity index (χ2v) is 5.52. The van der Waals surface area contributed by atoms with Crippen molar-refractivity contribution in [3.63, 3.8) is 0 Å². The molecule has 0 saturated heterocycles. The van der Waals surface area contributed by atoms with Gasteiger partial charge in [-0.3, -0.25) is 4.98 Å². The Morgan fingerprint density at radius 3 is 2.76 bits per heavy atom. The normalized spacial score (nSPS) is 10.9. The van der Waals surface area contributed by atoms with Gasteiger partial charge in [0.1, 0.15) is 17.3 Å². The third kappa shape index (κ3) is 4.53. The zero-order valence-corrected chi connectivity index (χ0v) is 12.7. The quantitative estimate of drug-likeness (QED) is 0.870. The monoisotopic (exact) mass is 288 g/mol. The number of ether oxygens (including phenoxy) is 1. The van der Waals surface area contributed by atoms with Crippen LogP contribution in [0.2, 0.25) is 0 Å². The highest BCUT2D eigenvalue weighted by Gasteiger charge is 2.08. The highest BCUT2D eigenvalue weighted by Crippen LogP contribution is 2.27. The molecule has 0 radical (unpaired) electrons. The lowest BCUT2D eigenvalue weighted by molar-refractivity contribution is 0.463. The van der Waals surface area contributed by atoms with Gasteiger partial charge < -0.3 is 10.1 Å². The molecule has 0 fully saturated rings. The zero-order chi connectivity index (χ0) is 15.2. The third-order valence-electron chi connectivity index (χ3n) is 3.08. The number of hydrogen-bond acceptors (Lipinski definition) is 3. The van der Waals surface area contributed by atoms with E-state index in [0.717, 1.165) is 23.4 Å². The van der Waals surface area contributed by atoms with Crippen LogP contribution >= 0.6 is 0 Å². The Morgan fingerprint density at radius 1 is 1.24 bits per heavy atom. The van der Waals surface area contributed by atoms with Gasteiger partial charge in [0, 0.05) is 24.5 Å². The predicted octanol–water partition coefficient (Wildman–Crippen LogP) is 4.07. The molecule has 0 amide bonds. The van der Waals surface area contributed by atoms with Crippen molar-refractivity contribution in [3.8, 4) is 11.5 Å². The molecule has 0 saturated carbocycles. The maximum Gasteiger partial charge on any atom is 0.135 e. The topological polar surface area (TPSA) is 34.1 Å². The average molecular weight is 288 g/mol. The number of halogens is 1. The summed E-state index contributed by atoms with van der Waals surface area (Å²) in [4.78, 5) is 4.14. The van der Waals surface area contributed by atoms with Crippen LogP contribution in [0.5, 0.6) is 11.5 Å². The number of nitrogens with one attached hydrogen (secondary N) is 1. The van der Waals surface area contributed by atoms with E-state index in [2.05, 4.69) is 24.1 Å². The van der Waals surface area contributed by atoms with Crippen LogP contribution in [-0.2, 0) is 6.54 Å². The van der Waals surface area contributed by atoms with Crippen molar-refractivity contribution in [2.24, 2.45) is 5.92 Å². The summed E-state index contributed by atoms with van der Waals surface area (Å²) in [6, 6.07) is 6.35. The molecular weight excluding hydrogens is 267 g/mol. The summed E-state index contributed by atoms with van der Waals surface area (Å²) in [7, 11) is 0. The Morgan fingerprint density at radius 2 is 2.05 bits per heavy atom. The number of rotatable bonds is 6. The molecule has 3 nitrogen and oxygen atoms in total. The number of aromatic nitrogens is 1. The van der Waals surface area contributed by atoms with Crippen molar-refractivity contribution in [2.75, 3.05) is 6.54 Å². The number of hydrogen-bond donors (Lipinski definition) is 1. The molecule has 0 aliphatic heterocycles. The molecule has 1 aromatic heterocycles. The fourth-order valence-electron chi connectivity index (χ4n) is 1.99. The van der Waals surface area contributed by atoms with E-state index in [1.165, 1.54) is 12.1 Å². The molecule has 2 aromatic rings. The van der Waals surface area contributed by atoms with Gasteiger partial charge in [-0.25, -0.2) is 4.39 Å². The van der Waals surface area contributed by atoms with E-state index in [1.54, 1.807) is 18.5 Å². The Bertz CT molecular complexity index is 599. The molecule has 0 bridgehead atoms. The largest absolute Gasteiger partial charge is 0.457 e. The lowest BCUT2D eigenvalue weighted by Crippen LogP contribution is -2.19. The van der Waals surface area contributed by atoms with E-state index >= 15 is 0 Å². The summed E-state index contributed by atoms with van der Waals surface area (Å²) in [5.41, 5.74) is 1.76. The Hall–Kier alpha value is -1.94. The second-order valence-electron chi connectivity index (χ2n) is 5.52. The van der Waals surface area contributed by atoms with Gasteiger partial charge in [-0.1, -0.05) is 13.8 Å². The van der Waals surface area contributed by atoms with Crippen molar-refractivity contribution in [1.29, 1.82) is 0 Å². The standard InChI is InChI=1S/C17H21FN2O/c1-12(2)9-20-11-14-10-19-7-6-17(14)21-16-5-4-15(18)8-13(16)3/h4-8,10,12,20H,9,11H2,1-3H3. The summed E-state index contributed by atoms with van der Waals surface area (Å²) in [5.74, 6) is 1.74. The molecule has 1 aromatic carbocycles. The summed E-state index contributed by atoms with van der Waals surface area (Å²) in [5, 5.41) is 3.37. The van der Waals surface area contributed by atoms with Crippen LogP contribution in [0.4, 0.5) is 4.39 Å². The average Bonchev–Trinajstić information content (AvgIpc) is 2.43. The fraction of sp³-hybridized carbons (Fsp3) is 0.353. The first kappa shape index (κ1) is 15.4. The van der Waals surface area contributed by atoms with Gasteiger partial charge >= 0.3 is 0 Å². The minimum absolute atomic E-state index is 0.256. The van der Waals surface area contributed by atoms with E-state index in [-0.39, 0.29) is 5.82 Å². The zero-order valence-electron chi connectivity index (χ0n) is 12.7. The fourth-order valence-corrected chi connectivity index (χ4v) is 1.99. The summed E-state index contributed by atoms with van der Waals surface area (Å²) in [6.45, 7) is 7.78. The highest BCUT2D eigenvalue weighted by molar-refractivity contribution is 5.39. The van der Waals surface area contributed by atoms with Crippen LogP contribution in [0.25, 0.3) is 0 Å². The van der Waals surface area contributed by atoms with Gasteiger partial charge in [0.15, 0.2) is 0 Å². The van der Waals surface area contributed by atoms with E-state index in [0.29, 0.717) is 18.2 Å². The van der Waals surface area contributed by atoms with Crippen LogP contribution in [-0.4, -0.2) is 11.5 Å². The lowest BCUT2D eigenvalue weighted by atomic mass is 10.2. The van der Waals surface area contributed by atoms with Crippen molar-refractivity contribution < 1.29 is 9.13 Å². The first-order valence-corrected chi connectivity index (χ1v) is 7.14. The molecule has 4 heteroatoms. The molecule has 1 heterocycles. The van der Waals surface area contributed by atoms with Gasteiger partial charge in [0.25, 0.3) is 0 Å². The molecule has 112 valence electrons. The second kappa shape index (κ2) is 7.18. The van der Waals surface area contributed by atoms with E-state index in [1.807, 2.05) is 13.0 Å². The van der Waals surface area contributed by atoms with Crippen molar-refractivity contribution in [2.45, 2.75) is 27.3 Å². The van der Waals surface area contributed by atoms with Crippen LogP contribution in [0.3, 0.4) is 0 Å². The Balaban J connectivity index is 2.12. The molecule has 0 spiro atoms. The molecular formula is C17H21FN2O. The number of nitrogens with zero attached hydrogens (tertiary/aromatic N) is 1. The minimum atomic E-state index is -0.256. The molecule has 21 heavy (non-hydrogen) atoms. The van der Waals surface area contributed by atoms with Crippen molar-refractivity contribution in [1.82, 2.24) is 10.3 Å². The number of benzene rings is 1. The Kier molecular flexibility index (Phi) is 5.28. The Labute approximate surface area is 125 Å². The van der Waals surface area contributed by atoms with Crippen molar-refractivity contribution in [3.05, 3.63) is 53.6 Å². The molecule has 2 rings (SSSR count). The number of pyridine rings is 1. The predicted molar refractivity (Wildman–Crippen MR) is 82.0 cm³/mol. The van der Waals surface area contributed by atoms with Crippen LogP contribution in [0, 0.1) is 18.7 Å². The summed E-state index contributed by atoms with van der Waals surface area (Å²) >= 11 is 0. The van der Waals surface area contributed by atoms with Gasteiger partial charge in [-0.15, -0.1) is 0 Å². The highest BCUT2D eigenvalue weighted by atomic mass is 19.1. The van der Waals surface area contributed by atoms with Gasteiger partial charge in [-0.2, -0.15) is 0 Å². The third-order valence-corrected chi connectivity index (χ3v) is 3.08. The van der Waals surface area contributed by atoms with Crippen molar-refractivity contribution >= 4 is 0 Å². The maximum absolute atomic E-state index is 13.1. The first-order valence-electron chi connectivity index (χ1n) is 7.14. The molecule has 0 aliphatic rings. The van der Waals surface area contributed by atoms with Crippen LogP contribution < -0.4 is 10.1 Å². The molecule has 0 atom stereocenters. The lowest BCUT2D eigenvalue weighted by Gasteiger charge is -2.13. The van der Waals surface area contributed by atoms with Crippen LogP contribution in [0.1, 0.15) is 25.0 Å². The maximum atomic E-state index is 13.1. The molecule has 1 N–H and O–H groups in total. The van der Waals surface area contributed by atoms with E-state index < -0.39 is 0 Å². The smallest absolute Gasteiger partial charge is 0.135 e. The molecule has 0 unspecified atom stereocenters. The van der Waals surface area contributed by atoms with Gasteiger partial charge in [-0.05, 0) is 49.2 Å². The molecule has 0 aliphatic carbocycles. The van der Waals surface area contributed by atoms with E-state index in [9.17, 15) is 4.39 Å². The minimum Gasteiger partial charge on any atom is -0.457 e. The first-order chi connectivity index (χ1) is 10.1. The van der Waals surface area contributed by atoms with E-state index in [4.69, 9.17) is 4.74 Å². The summed E-state index contributed by atoms with van der Waals surface area (Å²) < 4.78 is 19.0. The van der Waals surface area contributed by atoms with Gasteiger partial charge in [0.05, 0.1) is 0 Å².